The number of aldehydes is 2. The van der Waals surface area contributed by atoms with E-state index >= 15 is 0 Å². The van der Waals surface area contributed by atoms with Crippen molar-refractivity contribution in [2.24, 2.45) is 0 Å². The highest BCUT2D eigenvalue weighted by Crippen LogP contribution is 2.22. The second kappa shape index (κ2) is 4.44. The molecular formula is C12H8N2O2. The molecule has 0 amide bonds. The molecule has 0 aliphatic carbocycles. The van der Waals surface area contributed by atoms with Crippen LogP contribution >= 0.6 is 0 Å². The van der Waals surface area contributed by atoms with Crippen LogP contribution in [-0.4, -0.2) is 22.5 Å². The number of aromatic nitrogens is 2. The average molecular weight is 212 g/mol. The molecule has 78 valence electrons. The summed E-state index contributed by atoms with van der Waals surface area (Å²) in [6.07, 6.45) is 4.39. The van der Waals surface area contributed by atoms with Crippen LogP contribution in [0.2, 0.25) is 0 Å². The molecule has 0 aliphatic rings. The second-order valence-corrected chi connectivity index (χ2v) is 3.11. The van der Waals surface area contributed by atoms with Gasteiger partial charge in [-0.05, 0) is 12.1 Å². The lowest BCUT2D eigenvalue weighted by molar-refractivity contribution is 0.111. The van der Waals surface area contributed by atoms with Crippen molar-refractivity contribution in [1.29, 1.82) is 0 Å². The van der Waals surface area contributed by atoms with Crippen molar-refractivity contribution >= 4 is 12.6 Å². The van der Waals surface area contributed by atoms with Crippen LogP contribution in [0.15, 0.2) is 36.7 Å². The molecule has 0 unspecified atom stereocenters. The van der Waals surface area contributed by atoms with Gasteiger partial charge in [-0.1, -0.05) is 12.1 Å². The summed E-state index contributed by atoms with van der Waals surface area (Å²) >= 11 is 0. The maximum Gasteiger partial charge on any atom is 0.169 e. The van der Waals surface area contributed by atoms with Crippen molar-refractivity contribution in [2.45, 2.75) is 0 Å². The van der Waals surface area contributed by atoms with Gasteiger partial charge >= 0.3 is 0 Å². The molecule has 0 bridgehead atoms. The normalized spacial score (nSPS) is 9.75. The fourth-order valence-corrected chi connectivity index (χ4v) is 1.48. The summed E-state index contributed by atoms with van der Waals surface area (Å²) in [6, 6.07) is 6.90. The van der Waals surface area contributed by atoms with Crippen LogP contribution < -0.4 is 0 Å². The zero-order valence-electron chi connectivity index (χ0n) is 8.33. The fraction of sp³-hybridized carbons (Fsp3) is 0. The summed E-state index contributed by atoms with van der Waals surface area (Å²) in [6.45, 7) is 0. The van der Waals surface area contributed by atoms with Gasteiger partial charge in [0.2, 0.25) is 0 Å². The number of hydrogen-bond donors (Lipinski definition) is 0. The lowest BCUT2D eigenvalue weighted by Crippen LogP contribution is -1.96. The van der Waals surface area contributed by atoms with Crippen LogP contribution in [0.3, 0.4) is 0 Å². The third kappa shape index (κ3) is 1.72. The molecule has 0 fully saturated rings. The second-order valence-electron chi connectivity index (χ2n) is 3.11. The standard InChI is InChI=1S/C12H8N2O2/c15-7-11-9(3-1-5-13-11)10-4-2-6-14-12(10)8-16/h1-8H. The smallest absolute Gasteiger partial charge is 0.169 e. The Morgan fingerprint density at radius 2 is 1.25 bits per heavy atom. The van der Waals surface area contributed by atoms with Gasteiger partial charge in [-0.25, -0.2) is 0 Å². The van der Waals surface area contributed by atoms with Crippen molar-refractivity contribution < 1.29 is 9.59 Å². The zero-order chi connectivity index (χ0) is 11.4. The molecule has 0 saturated carbocycles. The molecule has 0 spiro atoms. The quantitative estimate of drug-likeness (QED) is 0.727. The minimum atomic E-state index is 0.304. The maximum atomic E-state index is 10.8. The number of carbonyl (C=O) groups excluding carboxylic acids is 2. The van der Waals surface area contributed by atoms with Crippen LogP contribution in [0.25, 0.3) is 11.1 Å². The van der Waals surface area contributed by atoms with E-state index in [0.717, 1.165) is 0 Å². The Morgan fingerprint density at radius 1 is 0.812 bits per heavy atom. The van der Waals surface area contributed by atoms with Gasteiger partial charge in [0.1, 0.15) is 11.4 Å². The van der Waals surface area contributed by atoms with E-state index in [-0.39, 0.29) is 0 Å². The minimum Gasteiger partial charge on any atom is -0.296 e. The predicted octanol–water partition coefficient (Wildman–Crippen LogP) is 1.77. The molecule has 4 nitrogen and oxygen atoms in total. The molecule has 0 saturated heterocycles. The average Bonchev–Trinajstić information content (AvgIpc) is 2.38. The van der Waals surface area contributed by atoms with Gasteiger partial charge in [0, 0.05) is 23.5 Å². The monoisotopic (exact) mass is 212 g/mol. The number of rotatable bonds is 3. The lowest BCUT2D eigenvalue weighted by atomic mass is 10.0. The molecule has 0 radical (unpaired) electrons. The molecule has 2 aromatic rings. The van der Waals surface area contributed by atoms with Crippen molar-refractivity contribution in [3.05, 3.63) is 48.0 Å². The fourth-order valence-electron chi connectivity index (χ4n) is 1.48. The number of pyridine rings is 2. The van der Waals surface area contributed by atoms with Gasteiger partial charge in [0.15, 0.2) is 12.6 Å². The molecule has 2 heterocycles. The minimum absolute atomic E-state index is 0.304. The molecule has 2 rings (SSSR count). The Hall–Kier alpha value is -2.36. The van der Waals surface area contributed by atoms with Crippen LogP contribution in [-0.2, 0) is 0 Å². The van der Waals surface area contributed by atoms with Gasteiger partial charge in [-0.2, -0.15) is 0 Å². The van der Waals surface area contributed by atoms with Gasteiger partial charge < -0.3 is 0 Å². The van der Waals surface area contributed by atoms with E-state index in [2.05, 4.69) is 9.97 Å². The zero-order valence-corrected chi connectivity index (χ0v) is 8.33. The van der Waals surface area contributed by atoms with Crippen molar-refractivity contribution in [3.63, 3.8) is 0 Å². The molecule has 0 N–H and O–H groups in total. The van der Waals surface area contributed by atoms with Crippen molar-refractivity contribution in [3.8, 4) is 11.1 Å². The molecular weight excluding hydrogens is 204 g/mol. The van der Waals surface area contributed by atoms with E-state index < -0.39 is 0 Å². The Labute approximate surface area is 92.0 Å². The number of carbonyl (C=O) groups is 2. The SMILES string of the molecule is O=Cc1ncccc1-c1cccnc1C=O. The first-order valence-corrected chi connectivity index (χ1v) is 4.67. The Balaban J connectivity index is 2.67. The van der Waals surface area contributed by atoms with Crippen molar-refractivity contribution in [1.82, 2.24) is 9.97 Å². The maximum absolute atomic E-state index is 10.8. The Morgan fingerprint density at radius 3 is 1.62 bits per heavy atom. The molecule has 2 aromatic heterocycles. The van der Waals surface area contributed by atoms with Gasteiger partial charge in [0.25, 0.3) is 0 Å². The largest absolute Gasteiger partial charge is 0.296 e. The first-order chi connectivity index (χ1) is 7.86. The highest BCUT2D eigenvalue weighted by Gasteiger charge is 2.09. The third-order valence-electron chi connectivity index (χ3n) is 2.19. The van der Waals surface area contributed by atoms with Crippen LogP contribution in [0, 0.1) is 0 Å². The van der Waals surface area contributed by atoms with E-state index in [1.165, 1.54) is 12.4 Å². The molecule has 0 aromatic carbocycles. The summed E-state index contributed by atoms with van der Waals surface area (Å²) in [7, 11) is 0. The lowest BCUT2D eigenvalue weighted by Gasteiger charge is -2.05. The van der Waals surface area contributed by atoms with Gasteiger partial charge in [-0.3, -0.25) is 19.6 Å². The van der Waals surface area contributed by atoms with E-state index in [1.54, 1.807) is 24.3 Å². The topological polar surface area (TPSA) is 59.9 Å². The highest BCUT2D eigenvalue weighted by molar-refractivity contribution is 5.91. The number of nitrogens with zero attached hydrogens (tertiary/aromatic N) is 2. The summed E-state index contributed by atoms with van der Waals surface area (Å²) in [5.74, 6) is 0. The van der Waals surface area contributed by atoms with E-state index in [0.29, 0.717) is 35.1 Å². The predicted molar refractivity (Wildman–Crippen MR) is 58.2 cm³/mol. The van der Waals surface area contributed by atoms with Gasteiger partial charge in [0.05, 0.1) is 0 Å². The highest BCUT2D eigenvalue weighted by atomic mass is 16.1. The van der Waals surface area contributed by atoms with Crippen LogP contribution in [0.4, 0.5) is 0 Å². The van der Waals surface area contributed by atoms with E-state index in [9.17, 15) is 9.59 Å². The molecule has 4 heteroatoms. The molecule has 0 aliphatic heterocycles. The number of hydrogen-bond acceptors (Lipinski definition) is 4. The third-order valence-corrected chi connectivity index (χ3v) is 2.19. The molecule has 16 heavy (non-hydrogen) atoms. The first-order valence-electron chi connectivity index (χ1n) is 4.67. The summed E-state index contributed by atoms with van der Waals surface area (Å²) in [5.41, 5.74) is 1.85. The van der Waals surface area contributed by atoms with Crippen LogP contribution in [0.5, 0.6) is 0 Å². The Kier molecular flexibility index (Phi) is 2.82. The summed E-state index contributed by atoms with van der Waals surface area (Å²) < 4.78 is 0. The van der Waals surface area contributed by atoms with Crippen molar-refractivity contribution in [2.75, 3.05) is 0 Å². The summed E-state index contributed by atoms with van der Waals surface area (Å²) in [5, 5.41) is 0. The Bertz CT molecular complexity index is 489. The van der Waals surface area contributed by atoms with Gasteiger partial charge in [-0.15, -0.1) is 0 Å². The van der Waals surface area contributed by atoms with Crippen LogP contribution in [0.1, 0.15) is 21.0 Å². The van der Waals surface area contributed by atoms with E-state index in [4.69, 9.17) is 0 Å². The first kappa shape index (κ1) is 10.2. The summed E-state index contributed by atoms with van der Waals surface area (Å²) in [4.78, 5) is 29.5. The molecule has 0 atom stereocenters. The van der Waals surface area contributed by atoms with E-state index in [1.807, 2.05) is 0 Å².